The van der Waals surface area contributed by atoms with Gasteiger partial charge in [0, 0.05) is 12.1 Å². The van der Waals surface area contributed by atoms with Crippen LogP contribution in [0.2, 0.25) is 5.02 Å². The summed E-state index contributed by atoms with van der Waals surface area (Å²) in [6, 6.07) is 7.50. The van der Waals surface area contributed by atoms with Crippen molar-refractivity contribution in [2.75, 3.05) is 0 Å². The van der Waals surface area contributed by atoms with Crippen LogP contribution < -0.4 is 5.62 Å². The smallest absolute Gasteiger partial charge is 0.238 e. The van der Waals surface area contributed by atoms with Crippen molar-refractivity contribution in [3.8, 4) is 0 Å². The summed E-state index contributed by atoms with van der Waals surface area (Å²) in [6.45, 7) is 0.465. The highest BCUT2D eigenvalue weighted by Crippen LogP contribution is 2.14. The molecule has 0 aliphatic carbocycles. The Balaban J connectivity index is 2.34. The maximum atomic E-state index is 7.65. The SMILES string of the molecule is Cn1nnn(Cc2ccccc2Cl)c1=N. The van der Waals surface area contributed by atoms with Gasteiger partial charge in [-0.25, -0.2) is 9.36 Å². The summed E-state index contributed by atoms with van der Waals surface area (Å²) in [4.78, 5) is 0. The summed E-state index contributed by atoms with van der Waals surface area (Å²) < 4.78 is 2.89. The van der Waals surface area contributed by atoms with Crippen LogP contribution in [0.25, 0.3) is 0 Å². The third kappa shape index (κ3) is 1.92. The molecule has 0 aliphatic rings. The summed E-state index contributed by atoms with van der Waals surface area (Å²) in [5.41, 5.74) is 1.17. The molecule has 78 valence electrons. The first-order valence-electron chi connectivity index (χ1n) is 4.43. The number of halogens is 1. The Hall–Kier alpha value is -1.62. The summed E-state index contributed by atoms with van der Waals surface area (Å²) in [5, 5.41) is 15.9. The normalized spacial score (nSPS) is 10.5. The Morgan fingerprint density at radius 2 is 2.07 bits per heavy atom. The van der Waals surface area contributed by atoms with E-state index in [4.69, 9.17) is 17.0 Å². The number of nitrogens with one attached hydrogen (secondary N) is 1. The minimum atomic E-state index is 0.245. The third-order valence-corrected chi connectivity index (χ3v) is 2.48. The van der Waals surface area contributed by atoms with E-state index in [0.29, 0.717) is 11.6 Å². The number of nitrogens with zero attached hydrogens (tertiary/aromatic N) is 4. The van der Waals surface area contributed by atoms with Gasteiger partial charge in [-0.3, -0.25) is 5.41 Å². The van der Waals surface area contributed by atoms with Gasteiger partial charge >= 0.3 is 0 Å². The Labute approximate surface area is 91.4 Å². The van der Waals surface area contributed by atoms with E-state index in [1.54, 1.807) is 7.05 Å². The largest absolute Gasteiger partial charge is 0.266 e. The quantitative estimate of drug-likeness (QED) is 0.819. The number of hydrogen-bond donors (Lipinski definition) is 1. The molecule has 15 heavy (non-hydrogen) atoms. The van der Waals surface area contributed by atoms with Gasteiger partial charge in [0.2, 0.25) is 5.62 Å². The van der Waals surface area contributed by atoms with Crippen molar-refractivity contribution in [2.45, 2.75) is 6.54 Å². The molecule has 0 amide bonds. The third-order valence-electron chi connectivity index (χ3n) is 2.11. The molecule has 0 spiro atoms. The number of hydrogen-bond acceptors (Lipinski definition) is 3. The van der Waals surface area contributed by atoms with E-state index >= 15 is 0 Å². The zero-order chi connectivity index (χ0) is 10.8. The highest BCUT2D eigenvalue weighted by molar-refractivity contribution is 6.31. The maximum absolute atomic E-state index is 7.65. The Bertz CT molecular complexity index is 527. The molecule has 2 rings (SSSR count). The Morgan fingerprint density at radius 1 is 1.33 bits per heavy atom. The van der Waals surface area contributed by atoms with Gasteiger partial charge in [-0.15, -0.1) is 0 Å². The first kappa shape index (κ1) is 9.92. The van der Waals surface area contributed by atoms with E-state index in [2.05, 4.69) is 10.4 Å². The Kier molecular flexibility index (Phi) is 2.55. The van der Waals surface area contributed by atoms with E-state index in [1.165, 1.54) is 9.36 Å². The summed E-state index contributed by atoms with van der Waals surface area (Å²) >= 11 is 6.00. The minimum absolute atomic E-state index is 0.245. The number of rotatable bonds is 2. The van der Waals surface area contributed by atoms with Crippen LogP contribution in [0.15, 0.2) is 24.3 Å². The van der Waals surface area contributed by atoms with Crippen LogP contribution in [0.1, 0.15) is 5.56 Å². The van der Waals surface area contributed by atoms with Crippen molar-refractivity contribution in [3.05, 3.63) is 40.5 Å². The van der Waals surface area contributed by atoms with Crippen molar-refractivity contribution in [1.82, 2.24) is 19.8 Å². The number of benzene rings is 1. The summed E-state index contributed by atoms with van der Waals surface area (Å²) in [6.07, 6.45) is 0. The first-order valence-corrected chi connectivity index (χ1v) is 4.81. The van der Waals surface area contributed by atoms with E-state index in [-0.39, 0.29) is 5.62 Å². The van der Waals surface area contributed by atoms with Crippen molar-refractivity contribution in [3.63, 3.8) is 0 Å². The van der Waals surface area contributed by atoms with Gasteiger partial charge in [0.1, 0.15) is 0 Å². The molecule has 1 aromatic heterocycles. The second kappa shape index (κ2) is 3.86. The minimum Gasteiger partial charge on any atom is -0.266 e. The van der Waals surface area contributed by atoms with Crippen LogP contribution in [0.3, 0.4) is 0 Å². The second-order valence-corrected chi connectivity index (χ2v) is 3.58. The van der Waals surface area contributed by atoms with Crippen molar-refractivity contribution < 1.29 is 0 Å². The molecule has 5 nitrogen and oxygen atoms in total. The molecule has 0 unspecified atom stereocenters. The fraction of sp³-hybridized carbons (Fsp3) is 0.222. The maximum Gasteiger partial charge on any atom is 0.238 e. The molecule has 0 saturated heterocycles. The Morgan fingerprint density at radius 3 is 2.67 bits per heavy atom. The topological polar surface area (TPSA) is 59.5 Å². The van der Waals surface area contributed by atoms with Gasteiger partial charge in [-0.05, 0) is 22.1 Å². The van der Waals surface area contributed by atoms with Gasteiger partial charge in [0.15, 0.2) is 0 Å². The molecule has 0 atom stereocenters. The lowest BCUT2D eigenvalue weighted by Crippen LogP contribution is -2.24. The fourth-order valence-corrected chi connectivity index (χ4v) is 1.45. The van der Waals surface area contributed by atoms with Crippen molar-refractivity contribution >= 4 is 11.6 Å². The lowest BCUT2D eigenvalue weighted by Gasteiger charge is -2.02. The van der Waals surface area contributed by atoms with Gasteiger partial charge in [0.05, 0.1) is 6.54 Å². The molecular formula is C9H10ClN5. The molecule has 1 heterocycles. The molecule has 0 saturated carbocycles. The van der Waals surface area contributed by atoms with Gasteiger partial charge in [-0.2, -0.15) is 0 Å². The zero-order valence-electron chi connectivity index (χ0n) is 8.18. The molecule has 1 N–H and O–H groups in total. The highest BCUT2D eigenvalue weighted by Gasteiger charge is 2.03. The van der Waals surface area contributed by atoms with Gasteiger partial charge in [0.25, 0.3) is 0 Å². The standard InChI is InChI=1S/C9H10ClN5/c1-14-9(11)15(13-12-14)6-7-4-2-3-5-8(7)10/h2-5,11H,6H2,1H3. The summed E-state index contributed by atoms with van der Waals surface area (Å²) in [7, 11) is 1.68. The van der Waals surface area contributed by atoms with Gasteiger partial charge < -0.3 is 0 Å². The van der Waals surface area contributed by atoms with E-state index < -0.39 is 0 Å². The van der Waals surface area contributed by atoms with Crippen LogP contribution in [-0.2, 0) is 13.6 Å². The van der Waals surface area contributed by atoms with Crippen LogP contribution in [-0.4, -0.2) is 19.8 Å². The van der Waals surface area contributed by atoms with Crippen molar-refractivity contribution in [2.24, 2.45) is 7.05 Å². The predicted octanol–water partition coefficient (Wildman–Crippen LogP) is 0.798. The molecule has 2 aromatic rings. The first-order chi connectivity index (χ1) is 7.18. The monoisotopic (exact) mass is 223 g/mol. The lowest BCUT2D eigenvalue weighted by atomic mass is 10.2. The predicted molar refractivity (Wildman–Crippen MR) is 55.4 cm³/mol. The summed E-state index contributed by atoms with van der Waals surface area (Å²) in [5.74, 6) is 0. The number of aryl methyl sites for hydroxylation is 1. The molecular weight excluding hydrogens is 214 g/mol. The molecule has 1 aromatic carbocycles. The number of aromatic nitrogens is 4. The highest BCUT2D eigenvalue weighted by atomic mass is 35.5. The van der Waals surface area contributed by atoms with Gasteiger partial charge in [-0.1, -0.05) is 29.8 Å². The molecule has 6 heteroatoms. The number of tetrazole rings is 1. The molecule has 0 radical (unpaired) electrons. The average Bonchev–Trinajstić information content (AvgIpc) is 2.53. The zero-order valence-corrected chi connectivity index (χ0v) is 8.94. The van der Waals surface area contributed by atoms with Crippen LogP contribution in [0.5, 0.6) is 0 Å². The molecule has 0 aliphatic heterocycles. The second-order valence-electron chi connectivity index (χ2n) is 3.18. The van der Waals surface area contributed by atoms with Crippen LogP contribution in [0.4, 0.5) is 0 Å². The van der Waals surface area contributed by atoms with Crippen LogP contribution in [0, 0.1) is 5.41 Å². The fourth-order valence-electron chi connectivity index (χ4n) is 1.25. The van der Waals surface area contributed by atoms with E-state index in [9.17, 15) is 0 Å². The van der Waals surface area contributed by atoms with E-state index in [1.807, 2.05) is 24.3 Å². The van der Waals surface area contributed by atoms with Crippen LogP contribution >= 0.6 is 11.6 Å². The molecule has 0 bridgehead atoms. The van der Waals surface area contributed by atoms with Crippen molar-refractivity contribution in [1.29, 1.82) is 5.41 Å². The lowest BCUT2D eigenvalue weighted by molar-refractivity contribution is 0.616. The molecule has 0 fully saturated rings. The average molecular weight is 224 g/mol. The van der Waals surface area contributed by atoms with E-state index in [0.717, 1.165) is 5.56 Å².